The third-order valence-electron chi connectivity index (χ3n) is 3.86. The maximum atomic E-state index is 12.1. The molecule has 24 heavy (non-hydrogen) atoms. The van der Waals surface area contributed by atoms with Crippen molar-refractivity contribution < 1.29 is 9.59 Å². The first kappa shape index (κ1) is 20.4. The molecule has 1 aromatic carbocycles. The number of carbonyl (C=O) groups is 2. The van der Waals surface area contributed by atoms with Crippen LogP contribution in [-0.2, 0) is 9.59 Å². The average molecular weight is 355 g/mol. The summed E-state index contributed by atoms with van der Waals surface area (Å²) in [6, 6.07) is 7.18. The smallest absolute Gasteiger partial charge is 0.238 e. The van der Waals surface area contributed by atoms with Crippen LogP contribution >= 0.6 is 12.4 Å². The minimum atomic E-state index is -0.0922. The molecule has 0 aromatic heterocycles. The summed E-state index contributed by atoms with van der Waals surface area (Å²) >= 11 is 0. The fourth-order valence-corrected chi connectivity index (χ4v) is 2.70. The lowest BCUT2D eigenvalue weighted by atomic mass is 10.2. The molecule has 1 aliphatic rings. The van der Waals surface area contributed by atoms with E-state index in [1.165, 1.54) is 25.7 Å². The number of rotatable bonds is 6. The first-order valence-electron chi connectivity index (χ1n) is 8.24. The van der Waals surface area contributed by atoms with Crippen LogP contribution in [0.15, 0.2) is 24.3 Å². The minimum Gasteiger partial charge on any atom is -0.325 e. The van der Waals surface area contributed by atoms with Gasteiger partial charge in [0.25, 0.3) is 0 Å². The molecule has 0 bridgehead atoms. The molecule has 0 unspecified atom stereocenters. The van der Waals surface area contributed by atoms with Gasteiger partial charge in [-0.25, -0.2) is 0 Å². The van der Waals surface area contributed by atoms with E-state index in [1.54, 1.807) is 31.3 Å². The van der Waals surface area contributed by atoms with E-state index in [4.69, 9.17) is 0 Å². The molecule has 2 rings (SSSR count). The monoisotopic (exact) mass is 354 g/mol. The Bertz CT molecular complexity index is 514. The maximum Gasteiger partial charge on any atom is 0.238 e. The summed E-state index contributed by atoms with van der Waals surface area (Å²) in [5, 5.41) is 8.48. The molecular formula is C17H27ClN4O2. The van der Waals surface area contributed by atoms with E-state index in [1.807, 2.05) is 0 Å². The second-order valence-electron chi connectivity index (χ2n) is 5.89. The Morgan fingerprint density at radius 3 is 1.92 bits per heavy atom. The summed E-state index contributed by atoms with van der Waals surface area (Å²) in [6.07, 6.45) is 4.88. The molecule has 3 N–H and O–H groups in total. The highest BCUT2D eigenvalue weighted by Crippen LogP contribution is 2.14. The fourth-order valence-electron chi connectivity index (χ4n) is 2.70. The van der Waals surface area contributed by atoms with E-state index in [9.17, 15) is 9.59 Å². The van der Waals surface area contributed by atoms with Gasteiger partial charge in [-0.15, -0.1) is 12.4 Å². The third-order valence-corrected chi connectivity index (χ3v) is 3.86. The van der Waals surface area contributed by atoms with E-state index in [0.717, 1.165) is 24.5 Å². The van der Waals surface area contributed by atoms with Gasteiger partial charge in [0.05, 0.1) is 13.1 Å². The summed E-state index contributed by atoms with van der Waals surface area (Å²) in [4.78, 5) is 25.8. The van der Waals surface area contributed by atoms with Crippen LogP contribution in [-0.4, -0.2) is 49.9 Å². The lowest BCUT2D eigenvalue weighted by Crippen LogP contribution is -2.33. The zero-order valence-electron chi connectivity index (χ0n) is 14.1. The fraction of sp³-hybridized carbons (Fsp3) is 0.529. The Morgan fingerprint density at radius 2 is 1.42 bits per heavy atom. The Labute approximate surface area is 149 Å². The number of hydrogen-bond donors (Lipinski definition) is 3. The molecule has 2 amide bonds. The van der Waals surface area contributed by atoms with Crippen LogP contribution in [0.5, 0.6) is 0 Å². The summed E-state index contributed by atoms with van der Waals surface area (Å²) in [5.74, 6) is -0.0793. The van der Waals surface area contributed by atoms with Gasteiger partial charge in [0.2, 0.25) is 11.8 Å². The van der Waals surface area contributed by atoms with E-state index >= 15 is 0 Å². The highest BCUT2D eigenvalue weighted by Gasteiger charge is 2.13. The number of anilines is 2. The van der Waals surface area contributed by atoms with Gasteiger partial charge in [-0.05, 0) is 57.2 Å². The second-order valence-corrected chi connectivity index (χ2v) is 5.89. The van der Waals surface area contributed by atoms with Crippen molar-refractivity contribution in [1.82, 2.24) is 10.2 Å². The van der Waals surface area contributed by atoms with E-state index < -0.39 is 0 Å². The van der Waals surface area contributed by atoms with Crippen LogP contribution in [0, 0.1) is 0 Å². The summed E-state index contributed by atoms with van der Waals surface area (Å²) in [5.41, 5.74) is 1.47. The van der Waals surface area contributed by atoms with Crippen molar-refractivity contribution in [3.63, 3.8) is 0 Å². The first-order chi connectivity index (χ1) is 11.2. The highest BCUT2D eigenvalue weighted by molar-refractivity contribution is 5.94. The molecule has 0 atom stereocenters. The van der Waals surface area contributed by atoms with Crippen LogP contribution in [0.1, 0.15) is 25.7 Å². The van der Waals surface area contributed by atoms with E-state index in [-0.39, 0.29) is 30.8 Å². The van der Waals surface area contributed by atoms with Gasteiger partial charge in [-0.1, -0.05) is 12.8 Å². The summed E-state index contributed by atoms with van der Waals surface area (Å²) in [7, 11) is 1.72. The molecule has 0 radical (unpaired) electrons. The summed E-state index contributed by atoms with van der Waals surface area (Å²) < 4.78 is 0. The molecule has 1 heterocycles. The van der Waals surface area contributed by atoms with Gasteiger partial charge in [0.15, 0.2) is 0 Å². The molecule has 1 aliphatic heterocycles. The van der Waals surface area contributed by atoms with Crippen molar-refractivity contribution in [2.24, 2.45) is 0 Å². The number of benzene rings is 1. The molecule has 0 aliphatic carbocycles. The molecule has 0 saturated carbocycles. The van der Waals surface area contributed by atoms with Crippen LogP contribution in [0.25, 0.3) is 0 Å². The largest absolute Gasteiger partial charge is 0.325 e. The second kappa shape index (κ2) is 11.0. The zero-order chi connectivity index (χ0) is 16.5. The Morgan fingerprint density at radius 1 is 0.917 bits per heavy atom. The van der Waals surface area contributed by atoms with Crippen LogP contribution < -0.4 is 16.0 Å². The molecule has 0 spiro atoms. The molecule has 1 fully saturated rings. The normalized spacial score (nSPS) is 15.0. The number of amides is 2. The van der Waals surface area contributed by atoms with E-state index in [0.29, 0.717) is 6.54 Å². The molecule has 1 aromatic rings. The van der Waals surface area contributed by atoms with Gasteiger partial charge in [-0.2, -0.15) is 0 Å². The maximum absolute atomic E-state index is 12.1. The number of nitrogens with zero attached hydrogens (tertiary/aromatic N) is 1. The molecule has 7 heteroatoms. The minimum absolute atomic E-state index is 0. The lowest BCUT2D eigenvalue weighted by Gasteiger charge is -2.19. The highest BCUT2D eigenvalue weighted by atomic mass is 35.5. The van der Waals surface area contributed by atoms with Gasteiger partial charge in [0, 0.05) is 11.4 Å². The zero-order valence-corrected chi connectivity index (χ0v) is 15.0. The molecule has 134 valence electrons. The van der Waals surface area contributed by atoms with Crippen LogP contribution in [0.2, 0.25) is 0 Å². The van der Waals surface area contributed by atoms with Crippen molar-refractivity contribution in [1.29, 1.82) is 0 Å². The predicted molar refractivity (Wildman–Crippen MR) is 99.8 cm³/mol. The Balaban J connectivity index is 0.00000288. The molecule has 1 saturated heterocycles. The van der Waals surface area contributed by atoms with Crippen molar-refractivity contribution in [3.8, 4) is 0 Å². The first-order valence-corrected chi connectivity index (χ1v) is 8.24. The van der Waals surface area contributed by atoms with Gasteiger partial charge in [-0.3, -0.25) is 14.5 Å². The standard InChI is InChI=1S/C17H26N4O2.ClH/c1-18-12-16(22)19-14-6-8-15(9-7-14)20-17(23)13-21-10-4-2-3-5-11-21;/h6-9,18H,2-5,10-13H2,1H3,(H,19,22)(H,20,23);1H. The Kier molecular flexibility index (Phi) is 9.37. The van der Waals surface area contributed by atoms with Crippen molar-refractivity contribution >= 4 is 35.6 Å². The number of halogens is 1. The molecule has 6 nitrogen and oxygen atoms in total. The molecular weight excluding hydrogens is 328 g/mol. The summed E-state index contributed by atoms with van der Waals surface area (Å²) in [6.45, 7) is 2.72. The number of nitrogens with one attached hydrogen (secondary N) is 3. The van der Waals surface area contributed by atoms with Gasteiger partial charge >= 0.3 is 0 Å². The Hall–Kier alpha value is -1.63. The average Bonchev–Trinajstić information content (AvgIpc) is 2.78. The van der Waals surface area contributed by atoms with Crippen LogP contribution in [0.3, 0.4) is 0 Å². The third kappa shape index (κ3) is 7.29. The number of carbonyl (C=O) groups excluding carboxylic acids is 2. The van der Waals surface area contributed by atoms with Gasteiger partial charge < -0.3 is 16.0 Å². The van der Waals surface area contributed by atoms with Crippen molar-refractivity contribution in [2.75, 3.05) is 43.9 Å². The number of likely N-dealkylation sites (N-methyl/N-ethyl adjacent to an activating group) is 1. The lowest BCUT2D eigenvalue weighted by molar-refractivity contribution is -0.117. The topological polar surface area (TPSA) is 73.5 Å². The number of hydrogen-bond acceptors (Lipinski definition) is 4. The SMILES string of the molecule is CNCC(=O)Nc1ccc(NC(=O)CN2CCCCCC2)cc1.Cl. The van der Waals surface area contributed by atoms with Crippen molar-refractivity contribution in [3.05, 3.63) is 24.3 Å². The number of likely N-dealkylation sites (tertiary alicyclic amines) is 1. The van der Waals surface area contributed by atoms with Crippen LogP contribution in [0.4, 0.5) is 11.4 Å². The quantitative estimate of drug-likeness (QED) is 0.731. The van der Waals surface area contributed by atoms with Gasteiger partial charge in [0.1, 0.15) is 0 Å². The van der Waals surface area contributed by atoms with Crippen molar-refractivity contribution in [2.45, 2.75) is 25.7 Å². The van der Waals surface area contributed by atoms with E-state index in [2.05, 4.69) is 20.9 Å². The predicted octanol–water partition coefficient (Wildman–Crippen LogP) is 2.08.